The standard InChI is InChI=1S/C15H21NO4S/c1-12-3-5-14(6-4-12)21(18,19)16-9-7-13(8-10-16)11-15(17)20-2/h3-6,13H,7-11H2,1-2H3. The van der Waals surface area contributed by atoms with Crippen LogP contribution in [-0.2, 0) is 19.6 Å². The van der Waals surface area contributed by atoms with Gasteiger partial charge in [0.05, 0.1) is 12.0 Å². The Balaban J connectivity index is 2.01. The van der Waals surface area contributed by atoms with Crippen molar-refractivity contribution in [3.8, 4) is 0 Å². The predicted octanol–water partition coefficient (Wildman–Crippen LogP) is 1.96. The van der Waals surface area contributed by atoms with E-state index in [1.165, 1.54) is 11.4 Å². The fourth-order valence-corrected chi connectivity index (χ4v) is 4.00. The van der Waals surface area contributed by atoms with Crippen molar-refractivity contribution >= 4 is 16.0 Å². The maximum Gasteiger partial charge on any atom is 0.305 e. The third-order valence-electron chi connectivity index (χ3n) is 3.92. The summed E-state index contributed by atoms with van der Waals surface area (Å²) in [6.07, 6.45) is 1.76. The summed E-state index contributed by atoms with van der Waals surface area (Å²) in [5, 5.41) is 0. The highest BCUT2D eigenvalue weighted by Crippen LogP contribution is 2.25. The number of esters is 1. The minimum atomic E-state index is -3.42. The Morgan fingerprint density at radius 3 is 2.33 bits per heavy atom. The molecule has 21 heavy (non-hydrogen) atoms. The molecule has 0 aliphatic carbocycles. The first-order valence-corrected chi connectivity index (χ1v) is 8.51. The molecule has 1 saturated heterocycles. The van der Waals surface area contributed by atoms with Crippen molar-refractivity contribution in [3.05, 3.63) is 29.8 Å². The number of aryl methyl sites for hydroxylation is 1. The van der Waals surface area contributed by atoms with Gasteiger partial charge in [0.15, 0.2) is 0 Å². The first-order valence-electron chi connectivity index (χ1n) is 7.07. The van der Waals surface area contributed by atoms with E-state index >= 15 is 0 Å². The van der Waals surface area contributed by atoms with E-state index in [2.05, 4.69) is 4.74 Å². The van der Waals surface area contributed by atoms with Crippen LogP contribution in [0.5, 0.6) is 0 Å². The smallest absolute Gasteiger partial charge is 0.305 e. The number of hydrogen-bond donors (Lipinski definition) is 0. The largest absolute Gasteiger partial charge is 0.469 e. The van der Waals surface area contributed by atoms with E-state index in [9.17, 15) is 13.2 Å². The number of ether oxygens (including phenoxy) is 1. The second-order valence-electron chi connectivity index (χ2n) is 5.44. The van der Waals surface area contributed by atoms with Crippen LogP contribution in [0.2, 0.25) is 0 Å². The molecule has 0 bridgehead atoms. The highest BCUT2D eigenvalue weighted by atomic mass is 32.2. The SMILES string of the molecule is COC(=O)CC1CCN(S(=O)(=O)c2ccc(C)cc2)CC1. The van der Waals surface area contributed by atoms with E-state index in [0.29, 0.717) is 37.2 Å². The van der Waals surface area contributed by atoms with Crippen LogP contribution < -0.4 is 0 Å². The Bertz CT molecular complexity index is 587. The summed E-state index contributed by atoms with van der Waals surface area (Å²) in [7, 11) is -2.04. The molecule has 1 aromatic carbocycles. The van der Waals surface area contributed by atoms with Gasteiger partial charge >= 0.3 is 5.97 Å². The van der Waals surface area contributed by atoms with E-state index in [0.717, 1.165) is 5.56 Å². The van der Waals surface area contributed by atoms with Crippen molar-refractivity contribution in [1.29, 1.82) is 0 Å². The molecule has 1 aliphatic heterocycles. The summed E-state index contributed by atoms with van der Waals surface area (Å²) in [5.74, 6) is -0.0169. The van der Waals surface area contributed by atoms with Gasteiger partial charge in [-0.2, -0.15) is 4.31 Å². The van der Waals surface area contributed by atoms with Gasteiger partial charge in [-0.15, -0.1) is 0 Å². The molecule has 116 valence electrons. The summed E-state index contributed by atoms with van der Waals surface area (Å²) in [6.45, 7) is 2.84. The maximum absolute atomic E-state index is 12.5. The Morgan fingerprint density at radius 2 is 1.81 bits per heavy atom. The first-order chi connectivity index (χ1) is 9.93. The Labute approximate surface area is 126 Å². The zero-order valence-corrected chi connectivity index (χ0v) is 13.2. The fraction of sp³-hybridized carbons (Fsp3) is 0.533. The van der Waals surface area contributed by atoms with Crippen LogP contribution in [0.15, 0.2) is 29.2 Å². The lowest BCUT2D eigenvalue weighted by atomic mass is 9.95. The Morgan fingerprint density at radius 1 is 1.24 bits per heavy atom. The summed E-state index contributed by atoms with van der Waals surface area (Å²) < 4.78 is 31.2. The average molecular weight is 311 g/mol. The number of carbonyl (C=O) groups is 1. The summed E-state index contributed by atoms with van der Waals surface area (Å²) in [6, 6.07) is 6.89. The molecule has 1 aliphatic rings. The molecule has 1 fully saturated rings. The van der Waals surface area contributed by atoms with Gasteiger partial charge in [-0.3, -0.25) is 4.79 Å². The molecule has 6 heteroatoms. The zero-order valence-electron chi connectivity index (χ0n) is 12.4. The van der Waals surface area contributed by atoms with Crippen LogP contribution in [0.3, 0.4) is 0 Å². The van der Waals surface area contributed by atoms with Gasteiger partial charge in [-0.05, 0) is 37.8 Å². The molecule has 0 spiro atoms. The topological polar surface area (TPSA) is 63.7 Å². The third-order valence-corrected chi connectivity index (χ3v) is 5.83. The normalized spacial score (nSPS) is 17.6. The molecule has 0 amide bonds. The number of methoxy groups -OCH3 is 1. The van der Waals surface area contributed by atoms with Gasteiger partial charge in [0, 0.05) is 19.5 Å². The average Bonchev–Trinajstić information content (AvgIpc) is 2.48. The molecule has 2 rings (SSSR count). The number of nitrogens with zero attached hydrogens (tertiary/aromatic N) is 1. The van der Waals surface area contributed by atoms with Crippen molar-refractivity contribution in [3.63, 3.8) is 0 Å². The molecular formula is C15H21NO4S. The van der Waals surface area contributed by atoms with E-state index < -0.39 is 10.0 Å². The summed E-state index contributed by atoms with van der Waals surface area (Å²) in [5.41, 5.74) is 1.03. The predicted molar refractivity (Wildman–Crippen MR) is 79.3 cm³/mol. The maximum atomic E-state index is 12.5. The van der Waals surface area contributed by atoms with Gasteiger partial charge in [0.25, 0.3) is 0 Å². The van der Waals surface area contributed by atoms with Crippen LogP contribution in [0.4, 0.5) is 0 Å². The highest BCUT2D eigenvalue weighted by Gasteiger charge is 2.30. The molecule has 1 heterocycles. The summed E-state index contributed by atoms with van der Waals surface area (Å²) in [4.78, 5) is 11.6. The van der Waals surface area contributed by atoms with Gasteiger partial charge in [-0.25, -0.2) is 8.42 Å². The first kappa shape index (κ1) is 16.0. The van der Waals surface area contributed by atoms with Gasteiger partial charge < -0.3 is 4.74 Å². The fourth-order valence-electron chi connectivity index (χ4n) is 2.53. The minimum Gasteiger partial charge on any atom is -0.469 e. The van der Waals surface area contributed by atoms with Crippen LogP contribution >= 0.6 is 0 Å². The lowest BCUT2D eigenvalue weighted by Gasteiger charge is -2.30. The second-order valence-corrected chi connectivity index (χ2v) is 7.38. The second kappa shape index (κ2) is 6.58. The lowest BCUT2D eigenvalue weighted by Crippen LogP contribution is -2.38. The monoisotopic (exact) mass is 311 g/mol. The minimum absolute atomic E-state index is 0.210. The van der Waals surface area contributed by atoms with Crippen molar-refractivity contribution in [2.75, 3.05) is 20.2 Å². The van der Waals surface area contributed by atoms with Crippen molar-refractivity contribution in [1.82, 2.24) is 4.31 Å². The van der Waals surface area contributed by atoms with Crippen LogP contribution in [0.25, 0.3) is 0 Å². The lowest BCUT2D eigenvalue weighted by molar-refractivity contribution is -0.142. The quantitative estimate of drug-likeness (QED) is 0.797. The Kier molecular flexibility index (Phi) is 5.00. The number of rotatable bonds is 4. The molecule has 0 aromatic heterocycles. The van der Waals surface area contributed by atoms with Gasteiger partial charge in [0.2, 0.25) is 10.0 Å². The molecule has 1 aromatic rings. The van der Waals surface area contributed by atoms with Crippen LogP contribution in [0.1, 0.15) is 24.8 Å². The van der Waals surface area contributed by atoms with E-state index in [4.69, 9.17) is 0 Å². The number of piperidine rings is 1. The summed E-state index contributed by atoms with van der Waals surface area (Å²) >= 11 is 0. The molecule has 0 saturated carbocycles. The molecular weight excluding hydrogens is 290 g/mol. The number of sulfonamides is 1. The number of hydrogen-bond acceptors (Lipinski definition) is 4. The van der Waals surface area contributed by atoms with Crippen molar-refractivity contribution < 1.29 is 17.9 Å². The van der Waals surface area contributed by atoms with E-state index in [1.54, 1.807) is 24.3 Å². The molecule has 0 atom stereocenters. The van der Waals surface area contributed by atoms with Crippen molar-refractivity contribution in [2.24, 2.45) is 5.92 Å². The molecule has 0 radical (unpaired) electrons. The van der Waals surface area contributed by atoms with E-state index in [-0.39, 0.29) is 11.9 Å². The Hall–Kier alpha value is -1.40. The molecule has 0 unspecified atom stereocenters. The van der Waals surface area contributed by atoms with Crippen LogP contribution in [-0.4, -0.2) is 38.9 Å². The zero-order chi connectivity index (χ0) is 15.5. The van der Waals surface area contributed by atoms with Crippen LogP contribution in [0, 0.1) is 12.8 Å². The molecule has 5 nitrogen and oxygen atoms in total. The number of benzene rings is 1. The molecule has 0 N–H and O–H groups in total. The van der Waals surface area contributed by atoms with Gasteiger partial charge in [0.1, 0.15) is 0 Å². The third kappa shape index (κ3) is 3.83. The highest BCUT2D eigenvalue weighted by molar-refractivity contribution is 7.89. The van der Waals surface area contributed by atoms with Crippen molar-refractivity contribution in [2.45, 2.75) is 31.1 Å². The number of carbonyl (C=O) groups excluding carboxylic acids is 1. The van der Waals surface area contributed by atoms with E-state index in [1.807, 2.05) is 6.92 Å². The van der Waals surface area contributed by atoms with Gasteiger partial charge in [-0.1, -0.05) is 17.7 Å².